The van der Waals surface area contributed by atoms with Crippen LogP contribution < -0.4 is 14.2 Å². The van der Waals surface area contributed by atoms with Gasteiger partial charge in [-0.3, -0.25) is 0 Å². The first kappa shape index (κ1) is 17.8. The van der Waals surface area contributed by atoms with Gasteiger partial charge in [0.25, 0.3) is 0 Å². The van der Waals surface area contributed by atoms with Gasteiger partial charge in [0, 0.05) is 18.6 Å². The van der Waals surface area contributed by atoms with Gasteiger partial charge in [-0.05, 0) is 18.6 Å². The van der Waals surface area contributed by atoms with E-state index in [1.165, 1.54) is 26.4 Å². The Morgan fingerprint density at radius 1 is 1.14 bits per heavy atom. The molecule has 115 valence electrons. The van der Waals surface area contributed by atoms with Crippen LogP contribution in [0.25, 0.3) is 0 Å². The van der Waals surface area contributed by atoms with Gasteiger partial charge < -0.3 is 19.3 Å². The van der Waals surface area contributed by atoms with Gasteiger partial charge >= 0.3 is 12.0 Å². The number of ether oxygens (including phenoxy) is 3. The summed E-state index contributed by atoms with van der Waals surface area (Å²) in [6.07, 6.45) is 0. The topological polar surface area (TPSA) is 90.8 Å². The van der Waals surface area contributed by atoms with Crippen LogP contribution in [0.5, 0.6) is 23.5 Å². The number of nitrogens with zero attached hydrogens (tertiary/aromatic N) is 2. The third-order valence-corrected chi connectivity index (χ3v) is 2.73. The van der Waals surface area contributed by atoms with Crippen LogP contribution >= 0.6 is 0 Å². The average Bonchev–Trinajstić information content (AvgIpc) is 2.46. The molecule has 8 heteroatoms. The number of aryl methyl sites for hydroxylation is 1. The number of hydrogen-bond donors (Lipinski definition) is 1. The molecule has 0 aliphatic rings. The fourth-order valence-electron chi connectivity index (χ4n) is 1.74. The first-order valence-corrected chi connectivity index (χ1v) is 6.03. The first-order valence-electron chi connectivity index (χ1n) is 6.03. The molecule has 1 N–H and O–H groups in total. The number of hydrogen-bond acceptors (Lipinski definition) is 6. The van der Waals surface area contributed by atoms with Gasteiger partial charge in [0.15, 0.2) is 0 Å². The largest absolute Gasteiger partial charge is 0.481 e. The SMILES string of the molecule is COc1cc(OC)nc(Oc2cccc(C)c2C(=O)O)n1.[V]. The molecule has 2 aromatic rings. The van der Waals surface area contributed by atoms with Gasteiger partial charge in [0.2, 0.25) is 11.8 Å². The molecule has 0 fully saturated rings. The van der Waals surface area contributed by atoms with Crippen LogP contribution in [0.3, 0.4) is 0 Å². The molecule has 0 amide bonds. The van der Waals surface area contributed by atoms with Crippen molar-refractivity contribution in [3.8, 4) is 23.5 Å². The van der Waals surface area contributed by atoms with Crippen LogP contribution in [0.1, 0.15) is 15.9 Å². The predicted molar refractivity (Wildman–Crippen MR) is 73.3 cm³/mol. The van der Waals surface area contributed by atoms with Crippen molar-refractivity contribution in [2.75, 3.05) is 14.2 Å². The Morgan fingerprint density at radius 2 is 1.73 bits per heavy atom. The van der Waals surface area contributed by atoms with E-state index in [1.807, 2.05) is 0 Å². The molecule has 7 nitrogen and oxygen atoms in total. The summed E-state index contributed by atoms with van der Waals surface area (Å²) < 4.78 is 15.5. The van der Waals surface area contributed by atoms with Crippen molar-refractivity contribution in [3.05, 3.63) is 35.4 Å². The van der Waals surface area contributed by atoms with E-state index in [2.05, 4.69) is 9.97 Å². The van der Waals surface area contributed by atoms with Gasteiger partial charge in [-0.1, -0.05) is 12.1 Å². The molecule has 1 aromatic carbocycles. The normalized spacial score (nSPS) is 9.59. The van der Waals surface area contributed by atoms with Crippen LogP contribution in [0, 0.1) is 6.92 Å². The molecule has 0 saturated carbocycles. The zero-order valence-corrected chi connectivity index (χ0v) is 13.6. The molecular formula is C14H14N2O5V. The molecule has 0 saturated heterocycles. The van der Waals surface area contributed by atoms with Crippen molar-refractivity contribution in [1.29, 1.82) is 0 Å². The standard InChI is InChI=1S/C14H14N2O5.V/c1-8-5-4-6-9(12(8)13(17)18)21-14-15-10(19-2)7-11(16-14)20-3;/h4-7H,1-3H3,(H,17,18);. The minimum atomic E-state index is -1.09. The number of carbonyl (C=O) groups is 1. The van der Waals surface area contributed by atoms with Gasteiger partial charge in [-0.15, -0.1) is 0 Å². The quantitative estimate of drug-likeness (QED) is 0.892. The molecule has 1 aromatic heterocycles. The van der Waals surface area contributed by atoms with Crippen LogP contribution in [0.2, 0.25) is 0 Å². The molecule has 0 aliphatic carbocycles. The van der Waals surface area contributed by atoms with E-state index >= 15 is 0 Å². The third kappa shape index (κ3) is 3.90. The predicted octanol–water partition coefficient (Wildman–Crippen LogP) is 2.29. The van der Waals surface area contributed by atoms with Gasteiger partial charge in [0.05, 0.1) is 20.3 Å². The number of rotatable bonds is 5. The first-order chi connectivity index (χ1) is 10.0. The molecule has 22 heavy (non-hydrogen) atoms. The Hall–Kier alpha value is -2.25. The summed E-state index contributed by atoms with van der Waals surface area (Å²) in [6, 6.07) is 6.34. The Morgan fingerprint density at radius 3 is 2.23 bits per heavy atom. The summed E-state index contributed by atoms with van der Waals surface area (Å²) in [5.41, 5.74) is 0.637. The summed E-state index contributed by atoms with van der Waals surface area (Å²) in [4.78, 5) is 19.3. The van der Waals surface area contributed by atoms with E-state index in [0.717, 1.165) is 0 Å². The maximum absolute atomic E-state index is 11.3. The molecule has 0 bridgehead atoms. The Bertz CT molecular complexity index is 656. The number of methoxy groups -OCH3 is 2. The molecule has 0 spiro atoms. The van der Waals surface area contributed by atoms with Gasteiger partial charge in [-0.2, -0.15) is 9.97 Å². The fourth-order valence-corrected chi connectivity index (χ4v) is 1.74. The number of aromatic nitrogens is 2. The second kappa shape index (κ2) is 7.67. The van der Waals surface area contributed by atoms with Gasteiger partial charge in [-0.25, -0.2) is 4.79 Å². The van der Waals surface area contributed by atoms with E-state index in [9.17, 15) is 9.90 Å². The summed E-state index contributed by atoms with van der Waals surface area (Å²) in [5, 5.41) is 9.26. The number of benzene rings is 1. The maximum Gasteiger partial charge on any atom is 0.339 e. The Balaban J connectivity index is 0.00000242. The second-order valence-corrected chi connectivity index (χ2v) is 4.09. The average molecular weight is 341 g/mol. The Labute approximate surface area is 139 Å². The minimum absolute atomic E-state index is 0. The molecule has 2 rings (SSSR count). The molecule has 0 atom stereocenters. The van der Waals surface area contributed by atoms with Crippen molar-refractivity contribution in [2.45, 2.75) is 6.92 Å². The van der Waals surface area contributed by atoms with Crippen LogP contribution in [0.15, 0.2) is 24.3 Å². The molecular weight excluding hydrogens is 327 g/mol. The van der Waals surface area contributed by atoms with Crippen molar-refractivity contribution < 1.29 is 42.7 Å². The summed E-state index contributed by atoms with van der Waals surface area (Å²) >= 11 is 0. The van der Waals surface area contributed by atoms with E-state index in [-0.39, 0.29) is 47.6 Å². The number of carboxylic acids is 1. The molecule has 1 heterocycles. The molecule has 1 radical (unpaired) electrons. The van der Waals surface area contributed by atoms with Crippen molar-refractivity contribution in [3.63, 3.8) is 0 Å². The van der Waals surface area contributed by atoms with E-state index < -0.39 is 5.97 Å². The van der Waals surface area contributed by atoms with Crippen molar-refractivity contribution in [2.24, 2.45) is 0 Å². The minimum Gasteiger partial charge on any atom is -0.481 e. The number of aromatic carboxylic acids is 1. The molecule has 0 aliphatic heterocycles. The van der Waals surface area contributed by atoms with E-state index in [0.29, 0.717) is 5.56 Å². The number of carboxylic acid groups (broad SMARTS) is 1. The summed E-state index contributed by atoms with van der Waals surface area (Å²) in [7, 11) is 2.89. The second-order valence-electron chi connectivity index (χ2n) is 4.09. The van der Waals surface area contributed by atoms with Crippen LogP contribution in [0.4, 0.5) is 0 Å². The Kier molecular flexibility index (Phi) is 6.21. The molecule has 0 unspecified atom stereocenters. The fraction of sp³-hybridized carbons (Fsp3) is 0.214. The van der Waals surface area contributed by atoms with Crippen LogP contribution in [-0.2, 0) is 18.6 Å². The van der Waals surface area contributed by atoms with E-state index in [1.54, 1.807) is 19.1 Å². The van der Waals surface area contributed by atoms with Crippen LogP contribution in [-0.4, -0.2) is 35.3 Å². The third-order valence-electron chi connectivity index (χ3n) is 2.73. The smallest absolute Gasteiger partial charge is 0.339 e. The van der Waals surface area contributed by atoms with Crippen molar-refractivity contribution in [1.82, 2.24) is 9.97 Å². The zero-order valence-electron chi connectivity index (χ0n) is 12.2. The summed E-state index contributed by atoms with van der Waals surface area (Å²) in [5.74, 6) is -0.432. The monoisotopic (exact) mass is 341 g/mol. The maximum atomic E-state index is 11.3. The zero-order chi connectivity index (χ0) is 15.4. The van der Waals surface area contributed by atoms with Gasteiger partial charge in [0.1, 0.15) is 11.3 Å². The van der Waals surface area contributed by atoms with E-state index in [4.69, 9.17) is 14.2 Å². The van der Waals surface area contributed by atoms with Crippen molar-refractivity contribution >= 4 is 5.97 Å². The summed E-state index contributed by atoms with van der Waals surface area (Å²) in [6.45, 7) is 1.68.